The number of aromatic nitrogens is 3. The van der Waals surface area contributed by atoms with Gasteiger partial charge in [-0.05, 0) is 43.5 Å². The number of urea groups is 1. The first-order valence-electron chi connectivity index (χ1n) is 9.82. The fourth-order valence-electron chi connectivity index (χ4n) is 3.48. The molecular formula is C22H25N5O2. The average Bonchev–Trinajstić information content (AvgIpc) is 3.08. The molecule has 1 atom stereocenters. The summed E-state index contributed by atoms with van der Waals surface area (Å²) in [5, 5.41) is 10.4. The molecule has 2 amide bonds. The predicted octanol–water partition coefficient (Wildman–Crippen LogP) is 3.61. The Hall–Kier alpha value is -3.35. The van der Waals surface area contributed by atoms with Crippen molar-refractivity contribution in [3.63, 3.8) is 0 Å². The minimum absolute atomic E-state index is 0.0164. The molecule has 2 heterocycles. The molecular weight excluding hydrogens is 366 g/mol. The first kappa shape index (κ1) is 19.0. The zero-order valence-corrected chi connectivity index (χ0v) is 16.7. The second kappa shape index (κ2) is 8.34. The SMILES string of the molecule is Cc1ccc(NC(=O)NC2CCc3nc(C)nn3C2)c(OCc2ccccc2)c1. The van der Waals surface area contributed by atoms with Crippen molar-refractivity contribution in [2.24, 2.45) is 0 Å². The molecule has 2 aromatic carbocycles. The molecule has 0 saturated heterocycles. The van der Waals surface area contributed by atoms with Crippen molar-refractivity contribution < 1.29 is 9.53 Å². The van der Waals surface area contributed by atoms with Gasteiger partial charge in [0.15, 0.2) is 0 Å². The van der Waals surface area contributed by atoms with E-state index in [0.29, 0.717) is 24.6 Å². The Kier molecular flexibility index (Phi) is 5.46. The smallest absolute Gasteiger partial charge is 0.319 e. The highest BCUT2D eigenvalue weighted by Crippen LogP contribution is 2.27. The van der Waals surface area contributed by atoms with Crippen molar-refractivity contribution in [2.75, 3.05) is 5.32 Å². The van der Waals surface area contributed by atoms with Crippen LogP contribution in [0.25, 0.3) is 0 Å². The zero-order valence-electron chi connectivity index (χ0n) is 16.7. The fraction of sp³-hybridized carbons (Fsp3) is 0.318. The van der Waals surface area contributed by atoms with E-state index in [0.717, 1.165) is 35.6 Å². The summed E-state index contributed by atoms with van der Waals surface area (Å²) in [4.78, 5) is 17.0. The van der Waals surface area contributed by atoms with Crippen LogP contribution in [0.5, 0.6) is 5.75 Å². The van der Waals surface area contributed by atoms with Crippen molar-refractivity contribution in [3.05, 3.63) is 71.3 Å². The number of nitrogens with zero attached hydrogens (tertiary/aromatic N) is 3. The maximum absolute atomic E-state index is 12.6. The molecule has 0 saturated carbocycles. The summed E-state index contributed by atoms with van der Waals surface area (Å²) in [5.74, 6) is 2.41. The number of ether oxygens (including phenoxy) is 1. The van der Waals surface area contributed by atoms with E-state index in [1.54, 1.807) is 0 Å². The number of hydrogen-bond acceptors (Lipinski definition) is 4. The van der Waals surface area contributed by atoms with Crippen LogP contribution in [-0.4, -0.2) is 26.8 Å². The van der Waals surface area contributed by atoms with Gasteiger partial charge in [-0.1, -0.05) is 36.4 Å². The highest BCUT2D eigenvalue weighted by atomic mass is 16.5. The summed E-state index contributed by atoms with van der Waals surface area (Å²) in [6.07, 6.45) is 1.65. The van der Waals surface area contributed by atoms with Crippen LogP contribution in [-0.2, 0) is 19.6 Å². The van der Waals surface area contributed by atoms with Gasteiger partial charge in [0.05, 0.1) is 18.3 Å². The van der Waals surface area contributed by atoms with E-state index in [9.17, 15) is 4.79 Å². The van der Waals surface area contributed by atoms with E-state index in [4.69, 9.17) is 4.74 Å². The Labute approximate surface area is 170 Å². The topological polar surface area (TPSA) is 81.1 Å². The number of benzene rings is 2. The van der Waals surface area contributed by atoms with Crippen LogP contribution in [0, 0.1) is 13.8 Å². The van der Waals surface area contributed by atoms with Gasteiger partial charge in [0.1, 0.15) is 24.0 Å². The Morgan fingerprint density at radius 3 is 2.86 bits per heavy atom. The van der Waals surface area contributed by atoms with Crippen LogP contribution >= 0.6 is 0 Å². The molecule has 1 aliphatic rings. The number of rotatable bonds is 5. The second-order valence-corrected chi connectivity index (χ2v) is 7.37. The van der Waals surface area contributed by atoms with Gasteiger partial charge >= 0.3 is 6.03 Å². The third-order valence-corrected chi connectivity index (χ3v) is 4.92. The lowest BCUT2D eigenvalue weighted by Crippen LogP contribution is -2.43. The van der Waals surface area contributed by atoms with Crippen LogP contribution in [0.15, 0.2) is 48.5 Å². The molecule has 7 heteroatoms. The maximum atomic E-state index is 12.6. The van der Waals surface area contributed by atoms with Crippen LogP contribution in [0.3, 0.4) is 0 Å². The van der Waals surface area contributed by atoms with Crippen LogP contribution in [0.1, 0.15) is 29.2 Å². The van der Waals surface area contributed by atoms with Gasteiger partial charge in [-0.15, -0.1) is 0 Å². The summed E-state index contributed by atoms with van der Waals surface area (Å²) >= 11 is 0. The molecule has 150 valence electrons. The van der Waals surface area contributed by atoms with Gasteiger partial charge in [-0.25, -0.2) is 14.5 Å². The third kappa shape index (κ3) is 4.74. The number of amides is 2. The largest absolute Gasteiger partial charge is 0.487 e. The monoisotopic (exact) mass is 391 g/mol. The molecule has 0 aliphatic carbocycles. The van der Waals surface area contributed by atoms with E-state index >= 15 is 0 Å². The predicted molar refractivity (Wildman–Crippen MR) is 111 cm³/mol. The van der Waals surface area contributed by atoms with Crippen molar-refractivity contribution >= 4 is 11.7 Å². The second-order valence-electron chi connectivity index (χ2n) is 7.37. The lowest BCUT2D eigenvalue weighted by molar-refractivity contribution is 0.243. The van der Waals surface area contributed by atoms with Crippen molar-refractivity contribution in [2.45, 2.75) is 45.9 Å². The number of anilines is 1. The minimum Gasteiger partial charge on any atom is -0.487 e. The van der Waals surface area contributed by atoms with E-state index in [-0.39, 0.29) is 12.1 Å². The summed E-state index contributed by atoms with van der Waals surface area (Å²) in [5.41, 5.74) is 2.79. The Morgan fingerprint density at radius 2 is 2.03 bits per heavy atom. The molecule has 1 aliphatic heterocycles. The van der Waals surface area contributed by atoms with Gasteiger partial charge in [-0.2, -0.15) is 5.10 Å². The van der Waals surface area contributed by atoms with Gasteiger partial charge < -0.3 is 15.4 Å². The molecule has 2 N–H and O–H groups in total. The summed E-state index contributed by atoms with van der Waals surface area (Å²) in [7, 11) is 0. The molecule has 0 spiro atoms. The molecule has 7 nitrogen and oxygen atoms in total. The minimum atomic E-state index is -0.247. The van der Waals surface area contributed by atoms with E-state index in [2.05, 4.69) is 20.7 Å². The first-order chi connectivity index (χ1) is 14.1. The summed E-state index contributed by atoms with van der Waals surface area (Å²) < 4.78 is 7.86. The Morgan fingerprint density at radius 1 is 1.21 bits per heavy atom. The average molecular weight is 391 g/mol. The molecule has 0 fully saturated rings. The van der Waals surface area contributed by atoms with Crippen LogP contribution in [0.2, 0.25) is 0 Å². The van der Waals surface area contributed by atoms with Gasteiger partial charge in [-0.3, -0.25) is 0 Å². The van der Waals surface area contributed by atoms with E-state index in [1.165, 1.54) is 0 Å². The number of hydrogen-bond donors (Lipinski definition) is 2. The van der Waals surface area contributed by atoms with Crippen molar-refractivity contribution in [1.29, 1.82) is 0 Å². The van der Waals surface area contributed by atoms with Crippen LogP contribution in [0.4, 0.5) is 10.5 Å². The standard InChI is InChI=1S/C22H25N5O2/c1-15-8-10-19(20(12-15)29-14-17-6-4-3-5-7-17)25-22(28)24-18-9-11-21-23-16(2)26-27(21)13-18/h3-8,10,12,18H,9,11,13-14H2,1-2H3,(H2,24,25,28). The summed E-state index contributed by atoms with van der Waals surface area (Å²) in [6, 6.07) is 15.5. The molecule has 29 heavy (non-hydrogen) atoms. The Balaban J connectivity index is 1.39. The maximum Gasteiger partial charge on any atom is 0.319 e. The number of carbonyl (C=O) groups excluding carboxylic acids is 1. The molecule has 0 bridgehead atoms. The molecule has 1 unspecified atom stereocenters. The summed E-state index contributed by atoms with van der Waals surface area (Å²) in [6.45, 7) is 4.96. The number of carbonyl (C=O) groups is 1. The number of fused-ring (bicyclic) bond motifs is 1. The molecule has 3 aromatic rings. The van der Waals surface area contributed by atoms with Gasteiger partial charge in [0, 0.05) is 6.42 Å². The third-order valence-electron chi connectivity index (χ3n) is 4.92. The van der Waals surface area contributed by atoms with Gasteiger partial charge in [0.2, 0.25) is 0 Å². The number of nitrogens with one attached hydrogen (secondary N) is 2. The Bertz CT molecular complexity index is 1000. The van der Waals surface area contributed by atoms with Gasteiger partial charge in [0.25, 0.3) is 0 Å². The van der Waals surface area contributed by atoms with Crippen molar-refractivity contribution in [3.8, 4) is 5.75 Å². The normalized spacial score (nSPS) is 15.4. The first-order valence-corrected chi connectivity index (χ1v) is 9.82. The van der Waals surface area contributed by atoms with E-state index in [1.807, 2.05) is 67.1 Å². The molecule has 0 radical (unpaired) electrons. The van der Waals surface area contributed by atoms with Crippen molar-refractivity contribution in [1.82, 2.24) is 20.1 Å². The lowest BCUT2D eigenvalue weighted by atomic mass is 10.1. The molecule has 4 rings (SSSR count). The fourth-order valence-corrected chi connectivity index (χ4v) is 3.48. The number of aryl methyl sites for hydroxylation is 3. The quantitative estimate of drug-likeness (QED) is 0.696. The lowest BCUT2D eigenvalue weighted by Gasteiger charge is -2.24. The highest BCUT2D eigenvalue weighted by molar-refractivity contribution is 5.91. The highest BCUT2D eigenvalue weighted by Gasteiger charge is 2.22. The van der Waals surface area contributed by atoms with E-state index < -0.39 is 0 Å². The van der Waals surface area contributed by atoms with Crippen LogP contribution < -0.4 is 15.4 Å². The molecule has 1 aromatic heterocycles. The zero-order chi connectivity index (χ0) is 20.2.